The van der Waals surface area contributed by atoms with Crippen LogP contribution >= 0.6 is 0 Å². The quantitative estimate of drug-likeness (QED) is 0.588. The molecule has 23 heavy (non-hydrogen) atoms. The molecule has 3 nitrogen and oxygen atoms in total. The summed E-state index contributed by atoms with van der Waals surface area (Å²) in [7, 11) is 0. The average Bonchev–Trinajstić information content (AvgIpc) is 2.87. The molecule has 0 amide bonds. The second-order valence-electron chi connectivity index (χ2n) is 8.07. The maximum absolute atomic E-state index is 12.9. The number of carbonyl (C=O) groups is 3. The zero-order chi connectivity index (χ0) is 16.8. The summed E-state index contributed by atoms with van der Waals surface area (Å²) < 4.78 is 0. The summed E-state index contributed by atoms with van der Waals surface area (Å²) >= 11 is 0. The molecule has 0 heterocycles. The highest BCUT2D eigenvalue weighted by molar-refractivity contribution is 5.94. The van der Waals surface area contributed by atoms with Gasteiger partial charge in [0.2, 0.25) is 0 Å². The molecule has 3 heteroatoms. The first-order valence-corrected chi connectivity index (χ1v) is 8.75. The molecule has 3 aliphatic carbocycles. The van der Waals surface area contributed by atoms with Crippen molar-refractivity contribution in [3.05, 3.63) is 22.8 Å². The molecule has 0 unspecified atom stereocenters. The van der Waals surface area contributed by atoms with Gasteiger partial charge in [-0.25, -0.2) is 0 Å². The Morgan fingerprint density at radius 1 is 1.22 bits per heavy atom. The number of hydrogen-bond donors (Lipinski definition) is 0. The summed E-state index contributed by atoms with van der Waals surface area (Å²) in [4.78, 5) is 36.1. The van der Waals surface area contributed by atoms with Crippen LogP contribution < -0.4 is 0 Å². The van der Waals surface area contributed by atoms with Gasteiger partial charge in [-0.1, -0.05) is 38.0 Å². The number of rotatable bonds is 3. The maximum atomic E-state index is 12.9. The van der Waals surface area contributed by atoms with Gasteiger partial charge in [0, 0.05) is 17.3 Å². The average molecular weight is 314 g/mol. The van der Waals surface area contributed by atoms with Gasteiger partial charge in [0.25, 0.3) is 0 Å². The third-order valence-electron chi connectivity index (χ3n) is 6.62. The van der Waals surface area contributed by atoms with Crippen molar-refractivity contribution in [3.63, 3.8) is 0 Å². The standard InChI is InChI=1S/C20H26O3/c1-13(2)15-6-7-20(12-22)9-8-19(3)16(18(15)20)5-4-14(11-21)10-17(19)23/h4,11-13,16H,5-10H2,1-3H3/t16-,19-,20-/m1/s1. The van der Waals surface area contributed by atoms with Gasteiger partial charge in [-0.05, 0) is 49.5 Å². The largest absolute Gasteiger partial charge is 0.302 e. The van der Waals surface area contributed by atoms with Crippen LogP contribution in [-0.4, -0.2) is 18.4 Å². The van der Waals surface area contributed by atoms with Gasteiger partial charge in [-0.15, -0.1) is 0 Å². The first kappa shape index (κ1) is 16.4. The molecule has 1 saturated carbocycles. The number of allylic oxidation sites excluding steroid dienone is 4. The second kappa shape index (κ2) is 5.54. The van der Waals surface area contributed by atoms with E-state index in [1.54, 1.807) is 0 Å². The van der Waals surface area contributed by atoms with E-state index >= 15 is 0 Å². The SMILES string of the molecule is CC(C)C1=C2[C@H]3CC=C(C=O)CC(=O)[C@]3(C)CC[C@@]2(C=O)CC1. The summed E-state index contributed by atoms with van der Waals surface area (Å²) in [5.74, 6) is 0.647. The molecular formula is C20H26O3. The molecule has 1 fully saturated rings. The molecule has 3 rings (SSSR count). The van der Waals surface area contributed by atoms with Crippen LogP contribution in [0.2, 0.25) is 0 Å². The topological polar surface area (TPSA) is 51.2 Å². The summed E-state index contributed by atoms with van der Waals surface area (Å²) in [5, 5.41) is 0. The molecule has 0 aromatic rings. The lowest BCUT2D eigenvalue weighted by molar-refractivity contribution is -0.133. The monoisotopic (exact) mass is 314 g/mol. The number of carbonyl (C=O) groups excluding carboxylic acids is 3. The maximum Gasteiger partial charge on any atom is 0.146 e. The predicted molar refractivity (Wildman–Crippen MR) is 88.8 cm³/mol. The molecule has 3 aliphatic rings. The Kier molecular flexibility index (Phi) is 3.94. The van der Waals surface area contributed by atoms with Crippen molar-refractivity contribution >= 4 is 18.4 Å². The third-order valence-corrected chi connectivity index (χ3v) is 6.62. The lowest BCUT2D eigenvalue weighted by Crippen LogP contribution is -2.46. The summed E-state index contributed by atoms with van der Waals surface area (Å²) in [6.45, 7) is 6.42. The van der Waals surface area contributed by atoms with Crippen molar-refractivity contribution in [2.24, 2.45) is 22.7 Å². The number of aldehydes is 2. The predicted octanol–water partition coefficient (Wildman–Crippen LogP) is 3.82. The van der Waals surface area contributed by atoms with Gasteiger partial charge >= 0.3 is 0 Å². The van der Waals surface area contributed by atoms with Gasteiger partial charge in [-0.3, -0.25) is 9.59 Å². The minimum Gasteiger partial charge on any atom is -0.302 e. The van der Waals surface area contributed by atoms with E-state index in [1.165, 1.54) is 11.1 Å². The van der Waals surface area contributed by atoms with E-state index in [1.807, 2.05) is 6.08 Å². The highest BCUT2D eigenvalue weighted by Gasteiger charge is 2.56. The molecule has 0 spiro atoms. The van der Waals surface area contributed by atoms with Crippen LogP contribution in [0.25, 0.3) is 0 Å². The molecule has 124 valence electrons. The first-order valence-electron chi connectivity index (χ1n) is 8.75. The van der Waals surface area contributed by atoms with Gasteiger partial charge in [-0.2, -0.15) is 0 Å². The fourth-order valence-corrected chi connectivity index (χ4v) is 5.06. The van der Waals surface area contributed by atoms with Crippen molar-refractivity contribution in [2.45, 2.75) is 59.3 Å². The van der Waals surface area contributed by atoms with Crippen molar-refractivity contribution in [2.75, 3.05) is 0 Å². The lowest BCUT2D eigenvalue weighted by Gasteiger charge is -2.48. The highest BCUT2D eigenvalue weighted by atomic mass is 16.1. The second-order valence-corrected chi connectivity index (χ2v) is 8.07. The molecule has 0 N–H and O–H groups in total. The molecule has 0 radical (unpaired) electrons. The van der Waals surface area contributed by atoms with Crippen molar-refractivity contribution in [1.82, 2.24) is 0 Å². The third kappa shape index (κ3) is 2.28. The van der Waals surface area contributed by atoms with E-state index in [4.69, 9.17) is 0 Å². The summed E-state index contributed by atoms with van der Waals surface area (Å²) in [6.07, 6.45) is 8.24. The van der Waals surface area contributed by atoms with E-state index in [0.29, 0.717) is 17.9 Å². The number of ketones is 1. The van der Waals surface area contributed by atoms with Crippen molar-refractivity contribution in [3.8, 4) is 0 Å². The zero-order valence-electron chi connectivity index (χ0n) is 14.4. The summed E-state index contributed by atoms with van der Waals surface area (Å²) in [5.41, 5.74) is 2.43. The molecule has 0 saturated heterocycles. The van der Waals surface area contributed by atoms with E-state index < -0.39 is 5.41 Å². The minimum absolute atomic E-state index is 0.0753. The number of Topliss-reactive ketones (excluding diaryl/α,β-unsaturated/α-hetero) is 1. The summed E-state index contributed by atoms with van der Waals surface area (Å²) in [6, 6.07) is 0. The Morgan fingerprint density at radius 2 is 1.96 bits per heavy atom. The van der Waals surface area contributed by atoms with Crippen LogP contribution in [0, 0.1) is 22.7 Å². The first-order chi connectivity index (χ1) is 10.9. The normalized spacial score (nSPS) is 37.1. The number of hydrogen-bond acceptors (Lipinski definition) is 3. The Morgan fingerprint density at radius 3 is 2.57 bits per heavy atom. The highest BCUT2D eigenvalue weighted by Crippen LogP contribution is 2.61. The molecule has 0 bridgehead atoms. The van der Waals surface area contributed by atoms with Crippen LogP contribution in [0.15, 0.2) is 22.8 Å². The lowest BCUT2D eigenvalue weighted by atomic mass is 9.54. The number of fused-ring (bicyclic) bond motifs is 3. The Balaban J connectivity index is 2.16. The van der Waals surface area contributed by atoms with Gasteiger partial charge in [0.15, 0.2) is 0 Å². The Hall–Kier alpha value is -1.51. The van der Waals surface area contributed by atoms with E-state index in [0.717, 1.165) is 38.3 Å². The molecular weight excluding hydrogens is 288 g/mol. The molecule has 0 aromatic heterocycles. The van der Waals surface area contributed by atoms with Crippen molar-refractivity contribution < 1.29 is 14.4 Å². The Labute approximate surface area is 138 Å². The van der Waals surface area contributed by atoms with E-state index in [2.05, 4.69) is 20.8 Å². The van der Waals surface area contributed by atoms with Crippen LogP contribution in [0.5, 0.6) is 0 Å². The van der Waals surface area contributed by atoms with E-state index in [9.17, 15) is 14.4 Å². The van der Waals surface area contributed by atoms with Crippen LogP contribution in [-0.2, 0) is 14.4 Å². The van der Waals surface area contributed by atoms with Crippen LogP contribution in [0.4, 0.5) is 0 Å². The minimum atomic E-state index is -0.437. The van der Waals surface area contributed by atoms with Crippen LogP contribution in [0.1, 0.15) is 59.3 Å². The Bertz CT molecular complexity index is 625. The zero-order valence-corrected chi connectivity index (χ0v) is 14.4. The molecule has 3 atom stereocenters. The smallest absolute Gasteiger partial charge is 0.146 e. The fourth-order valence-electron chi connectivity index (χ4n) is 5.06. The van der Waals surface area contributed by atoms with Crippen molar-refractivity contribution in [1.29, 1.82) is 0 Å². The fraction of sp³-hybridized carbons (Fsp3) is 0.650. The van der Waals surface area contributed by atoms with Gasteiger partial charge in [0.1, 0.15) is 18.4 Å². The van der Waals surface area contributed by atoms with Gasteiger partial charge in [0.05, 0.1) is 0 Å². The molecule has 0 aliphatic heterocycles. The van der Waals surface area contributed by atoms with E-state index in [-0.39, 0.29) is 23.5 Å². The molecule has 0 aromatic carbocycles. The van der Waals surface area contributed by atoms with Gasteiger partial charge < -0.3 is 4.79 Å². The van der Waals surface area contributed by atoms with Crippen LogP contribution in [0.3, 0.4) is 0 Å².